The summed E-state index contributed by atoms with van der Waals surface area (Å²) >= 11 is 1.67. The summed E-state index contributed by atoms with van der Waals surface area (Å²) in [6.07, 6.45) is 2.41. The van der Waals surface area contributed by atoms with E-state index in [-0.39, 0.29) is 0 Å². The van der Waals surface area contributed by atoms with Crippen LogP contribution in [0.15, 0.2) is 0 Å². The number of aryl methyl sites for hydroxylation is 1. The van der Waals surface area contributed by atoms with Gasteiger partial charge in [0.2, 0.25) is 5.13 Å². The van der Waals surface area contributed by atoms with E-state index < -0.39 is 0 Å². The van der Waals surface area contributed by atoms with E-state index in [9.17, 15) is 0 Å². The van der Waals surface area contributed by atoms with Crippen LogP contribution in [0.2, 0.25) is 0 Å². The van der Waals surface area contributed by atoms with Crippen molar-refractivity contribution in [2.45, 2.75) is 32.8 Å². The number of ether oxygens (including phenoxy) is 1. The van der Waals surface area contributed by atoms with Gasteiger partial charge in [0.05, 0.1) is 12.6 Å². The van der Waals surface area contributed by atoms with Crippen LogP contribution in [-0.4, -0.2) is 85.1 Å². The zero-order chi connectivity index (χ0) is 17.5. The molecule has 2 aliphatic rings. The molecule has 1 aromatic rings. The maximum Gasteiger partial charge on any atom is 0.208 e. The highest BCUT2D eigenvalue weighted by Crippen LogP contribution is 2.24. The lowest BCUT2D eigenvalue weighted by Crippen LogP contribution is -2.46. The van der Waals surface area contributed by atoms with Crippen LogP contribution in [-0.2, 0) is 4.74 Å². The molecule has 138 valence electrons. The van der Waals surface area contributed by atoms with Crippen molar-refractivity contribution in [2.24, 2.45) is 0 Å². The van der Waals surface area contributed by atoms with E-state index in [1.54, 1.807) is 11.3 Å². The molecule has 0 atom stereocenters. The number of hydrogen-bond donors (Lipinski definition) is 0. The molecule has 0 bridgehead atoms. The summed E-state index contributed by atoms with van der Waals surface area (Å²) in [5, 5.41) is 10.4. The van der Waals surface area contributed by atoms with Gasteiger partial charge in [-0.25, -0.2) is 0 Å². The fraction of sp³-hybridized carbons (Fsp3) is 0.778. The van der Waals surface area contributed by atoms with Crippen LogP contribution in [0.5, 0.6) is 0 Å². The molecule has 3 rings (SSSR count). The lowest BCUT2D eigenvalue weighted by molar-refractivity contribution is 0.0594. The Labute approximate surface area is 155 Å². The molecule has 0 radical (unpaired) electrons. The van der Waals surface area contributed by atoms with Crippen LogP contribution >= 0.6 is 11.3 Å². The Hall–Kier alpha value is -1.20. The molecule has 0 aromatic carbocycles. The normalized spacial score (nSPS) is 20.5. The first-order valence-electron chi connectivity index (χ1n) is 9.31. The zero-order valence-corrected chi connectivity index (χ0v) is 16.2. The quantitative estimate of drug-likeness (QED) is 0.739. The Morgan fingerprint density at radius 3 is 2.40 bits per heavy atom. The van der Waals surface area contributed by atoms with Crippen molar-refractivity contribution in [3.05, 3.63) is 5.01 Å². The third-order valence-electron chi connectivity index (χ3n) is 4.96. The lowest BCUT2D eigenvalue weighted by atomic mass is 10.1. The molecule has 7 heteroatoms. The summed E-state index contributed by atoms with van der Waals surface area (Å²) < 4.78 is 5.94. The highest BCUT2D eigenvalue weighted by atomic mass is 32.1. The second-order valence-electron chi connectivity index (χ2n) is 6.67. The molecular formula is C18H29N5OS. The Balaban J connectivity index is 1.29. The van der Waals surface area contributed by atoms with Gasteiger partial charge in [-0.15, -0.1) is 10.2 Å². The Morgan fingerprint density at radius 2 is 1.76 bits per heavy atom. The molecule has 6 nitrogen and oxygen atoms in total. The minimum atomic E-state index is 0.327. The van der Waals surface area contributed by atoms with E-state index in [2.05, 4.69) is 43.7 Å². The second-order valence-corrected chi connectivity index (χ2v) is 7.83. The molecule has 1 aromatic heterocycles. The van der Waals surface area contributed by atoms with Crippen LogP contribution < -0.4 is 4.90 Å². The van der Waals surface area contributed by atoms with Gasteiger partial charge in [-0.3, -0.25) is 4.90 Å². The molecule has 0 saturated carbocycles. The molecule has 0 amide bonds. The summed E-state index contributed by atoms with van der Waals surface area (Å²) in [7, 11) is 0. The predicted octanol–water partition coefficient (Wildman–Crippen LogP) is 1.47. The highest BCUT2D eigenvalue weighted by molar-refractivity contribution is 7.15. The van der Waals surface area contributed by atoms with Gasteiger partial charge in [-0.05, 0) is 26.3 Å². The van der Waals surface area contributed by atoms with Crippen molar-refractivity contribution in [3.63, 3.8) is 0 Å². The van der Waals surface area contributed by atoms with E-state index in [0.717, 1.165) is 62.2 Å². The van der Waals surface area contributed by atoms with E-state index in [1.807, 2.05) is 6.92 Å². The van der Waals surface area contributed by atoms with Crippen molar-refractivity contribution in [3.8, 4) is 11.8 Å². The number of rotatable bonds is 5. The van der Waals surface area contributed by atoms with Crippen molar-refractivity contribution in [1.29, 1.82) is 0 Å². The fourth-order valence-corrected chi connectivity index (χ4v) is 4.01. The topological polar surface area (TPSA) is 44.7 Å². The first kappa shape index (κ1) is 18.6. The maximum atomic E-state index is 5.94. The fourth-order valence-electron chi connectivity index (χ4n) is 3.27. The first-order valence-corrected chi connectivity index (χ1v) is 10.1. The largest absolute Gasteiger partial charge is 0.365 e. The third-order valence-corrected chi connectivity index (χ3v) is 5.86. The summed E-state index contributed by atoms with van der Waals surface area (Å²) in [4.78, 5) is 7.23. The van der Waals surface area contributed by atoms with Crippen LogP contribution in [0.4, 0.5) is 5.13 Å². The van der Waals surface area contributed by atoms with Gasteiger partial charge in [0.15, 0.2) is 0 Å². The molecular weight excluding hydrogens is 334 g/mol. The van der Waals surface area contributed by atoms with Gasteiger partial charge in [-0.1, -0.05) is 30.1 Å². The van der Waals surface area contributed by atoms with Gasteiger partial charge in [0.25, 0.3) is 0 Å². The van der Waals surface area contributed by atoms with E-state index in [4.69, 9.17) is 4.74 Å². The molecule has 0 unspecified atom stereocenters. The number of piperazine rings is 1. The molecule has 3 heterocycles. The smallest absolute Gasteiger partial charge is 0.208 e. The van der Waals surface area contributed by atoms with Gasteiger partial charge in [0, 0.05) is 39.3 Å². The number of likely N-dealkylation sites (N-methyl/N-ethyl adjacent to an activating group) is 1. The Morgan fingerprint density at radius 1 is 1.04 bits per heavy atom. The summed E-state index contributed by atoms with van der Waals surface area (Å²) in [6.45, 7) is 13.4. The van der Waals surface area contributed by atoms with Crippen LogP contribution in [0.3, 0.4) is 0 Å². The molecule has 0 aliphatic carbocycles. The van der Waals surface area contributed by atoms with Crippen molar-refractivity contribution >= 4 is 16.5 Å². The predicted molar refractivity (Wildman–Crippen MR) is 102 cm³/mol. The van der Waals surface area contributed by atoms with E-state index >= 15 is 0 Å². The van der Waals surface area contributed by atoms with Gasteiger partial charge in [0.1, 0.15) is 11.6 Å². The molecule has 2 fully saturated rings. The highest BCUT2D eigenvalue weighted by Gasteiger charge is 2.21. The average Bonchev–Trinajstić information content (AvgIpc) is 3.09. The van der Waals surface area contributed by atoms with Crippen molar-refractivity contribution < 1.29 is 4.74 Å². The van der Waals surface area contributed by atoms with Crippen molar-refractivity contribution in [1.82, 2.24) is 20.0 Å². The van der Waals surface area contributed by atoms with E-state index in [1.165, 1.54) is 13.1 Å². The molecule has 2 aliphatic heterocycles. The average molecular weight is 364 g/mol. The maximum absolute atomic E-state index is 5.94. The lowest BCUT2D eigenvalue weighted by Gasteiger charge is -2.32. The van der Waals surface area contributed by atoms with Crippen LogP contribution in [0.1, 0.15) is 24.8 Å². The second kappa shape index (κ2) is 9.48. The Kier molecular flexibility index (Phi) is 7.05. The number of nitrogens with zero attached hydrogens (tertiary/aromatic N) is 5. The minimum absolute atomic E-state index is 0.327. The van der Waals surface area contributed by atoms with Gasteiger partial charge < -0.3 is 14.5 Å². The third kappa shape index (κ3) is 5.65. The molecule has 2 saturated heterocycles. The summed E-state index contributed by atoms with van der Waals surface area (Å²) in [5.74, 6) is 6.46. The summed E-state index contributed by atoms with van der Waals surface area (Å²) in [5.41, 5.74) is 0. The number of anilines is 1. The van der Waals surface area contributed by atoms with Crippen LogP contribution in [0.25, 0.3) is 0 Å². The van der Waals surface area contributed by atoms with Crippen LogP contribution in [0, 0.1) is 18.8 Å². The summed E-state index contributed by atoms with van der Waals surface area (Å²) in [6, 6.07) is 0. The molecule has 0 N–H and O–H groups in total. The number of piperidine rings is 1. The standard InChI is InChI=1S/C18H29N5OS/c1-3-21-11-13-22(14-12-21)8-4-5-15-24-17-6-9-23(10-7-17)18-20-19-16(2)25-18/h17H,3,6-15H2,1-2H3. The number of hydrogen-bond acceptors (Lipinski definition) is 7. The molecule has 0 spiro atoms. The first-order chi connectivity index (χ1) is 12.2. The van der Waals surface area contributed by atoms with Crippen molar-refractivity contribution in [2.75, 3.05) is 63.9 Å². The van der Waals surface area contributed by atoms with Gasteiger partial charge >= 0.3 is 0 Å². The minimum Gasteiger partial charge on any atom is -0.365 e. The SMILES string of the molecule is CCN1CCN(CC#CCOC2CCN(c3nnc(C)s3)CC2)CC1. The number of aromatic nitrogens is 2. The zero-order valence-electron chi connectivity index (χ0n) is 15.4. The van der Waals surface area contributed by atoms with Gasteiger partial charge in [-0.2, -0.15) is 0 Å². The molecule has 25 heavy (non-hydrogen) atoms. The monoisotopic (exact) mass is 363 g/mol. The Bertz CT molecular complexity index is 580. The van der Waals surface area contributed by atoms with E-state index in [0.29, 0.717) is 12.7 Å².